The van der Waals surface area contributed by atoms with Crippen molar-refractivity contribution in [3.05, 3.63) is 30.3 Å². The van der Waals surface area contributed by atoms with Gasteiger partial charge in [0.25, 0.3) is 0 Å². The molecule has 1 aromatic rings. The van der Waals surface area contributed by atoms with Crippen LogP contribution in [0.2, 0.25) is 0 Å². The van der Waals surface area contributed by atoms with Gasteiger partial charge in [-0.15, -0.1) is 0 Å². The zero-order chi connectivity index (χ0) is 20.1. The molecule has 2 heterocycles. The Labute approximate surface area is 173 Å². The first-order valence-electron chi connectivity index (χ1n) is 11.2. The Hall–Kier alpha value is -1.92. The fraction of sp³-hybridized carbons (Fsp3) is 0.652. The third-order valence-electron chi connectivity index (χ3n) is 6.90. The van der Waals surface area contributed by atoms with Crippen LogP contribution >= 0.6 is 0 Å². The zero-order valence-electron chi connectivity index (χ0n) is 17.3. The summed E-state index contributed by atoms with van der Waals surface area (Å²) in [5.41, 5.74) is 0.887. The smallest absolute Gasteiger partial charge is 0.239 e. The van der Waals surface area contributed by atoms with Crippen molar-refractivity contribution in [3.63, 3.8) is 0 Å². The molecule has 0 spiro atoms. The minimum atomic E-state index is -0.567. The molecule has 2 saturated heterocycles. The Morgan fingerprint density at radius 1 is 1.03 bits per heavy atom. The third kappa shape index (κ3) is 4.48. The lowest BCUT2D eigenvalue weighted by Gasteiger charge is -2.46. The van der Waals surface area contributed by atoms with Crippen LogP contribution in [-0.4, -0.2) is 61.6 Å². The molecule has 1 aliphatic carbocycles. The van der Waals surface area contributed by atoms with Crippen molar-refractivity contribution in [1.82, 2.24) is 10.2 Å². The summed E-state index contributed by atoms with van der Waals surface area (Å²) in [6.07, 6.45) is 7.77. The molecule has 0 bridgehead atoms. The number of rotatable bonds is 5. The van der Waals surface area contributed by atoms with Gasteiger partial charge in [0.15, 0.2) is 0 Å². The summed E-state index contributed by atoms with van der Waals surface area (Å²) in [5, 5.41) is 3.19. The monoisotopic (exact) mass is 399 g/mol. The quantitative estimate of drug-likeness (QED) is 0.611. The zero-order valence-corrected chi connectivity index (χ0v) is 17.3. The molecule has 6 nitrogen and oxygen atoms in total. The Morgan fingerprint density at radius 2 is 1.72 bits per heavy atom. The van der Waals surface area contributed by atoms with E-state index in [9.17, 15) is 9.59 Å². The maximum atomic E-state index is 13.0. The van der Waals surface area contributed by atoms with Crippen LogP contribution in [0.25, 0.3) is 0 Å². The van der Waals surface area contributed by atoms with Gasteiger partial charge in [0.05, 0.1) is 13.2 Å². The van der Waals surface area contributed by atoms with Crippen molar-refractivity contribution in [2.75, 3.05) is 44.3 Å². The predicted octanol–water partition coefficient (Wildman–Crippen LogP) is 2.58. The summed E-state index contributed by atoms with van der Waals surface area (Å²) in [5.74, 6) is -0.747. The summed E-state index contributed by atoms with van der Waals surface area (Å²) in [6, 6.07) is 9.64. The van der Waals surface area contributed by atoms with Gasteiger partial charge >= 0.3 is 0 Å². The first-order chi connectivity index (χ1) is 14.2. The molecule has 0 aromatic heterocycles. The van der Waals surface area contributed by atoms with Gasteiger partial charge in [0.1, 0.15) is 5.92 Å². The number of hydrogen-bond donors (Lipinski definition) is 1. The van der Waals surface area contributed by atoms with E-state index in [4.69, 9.17) is 4.74 Å². The summed E-state index contributed by atoms with van der Waals surface area (Å²) in [4.78, 5) is 30.1. The number of nitrogens with zero attached hydrogens (tertiary/aromatic N) is 2. The normalized spacial score (nSPS) is 25.6. The molecule has 29 heavy (non-hydrogen) atoms. The van der Waals surface area contributed by atoms with E-state index in [0.717, 1.165) is 44.8 Å². The molecule has 6 heteroatoms. The summed E-state index contributed by atoms with van der Waals surface area (Å²) < 4.78 is 5.56. The topological polar surface area (TPSA) is 61.9 Å². The highest BCUT2D eigenvalue weighted by molar-refractivity contribution is 6.09. The van der Waals surface area contributed by atoms with Crippen LogP contribution in [0.4, 0.5) is 5.69 Å². The fourth-order valence-corrected chi connectivity index (χ4v) is 5.19. The second-order valence-corrected chi connectivity index (χ2v) is 8.62. The highest BCUT2D eigenvalue weighted by Gasteiger charge is 2.41. The van der Waals surface area contributed by atoms with Gasteiger partial charge < -0.3 is 15.0 Å². The lowest BCUT2D eigenvalue weighted by molar-refractivity contribution is -0.132. The number of hydrogen-bond acceptors (Lipinski definition) is 4. The van der Waals surface area contributed by atoms with E-state index in [1.165, 1.54) is 25.7 Å². The van der Waals surface area contributed by atoms with Gasteiger partial charge in [-0.1, -0.05) is 43.9 Å². The number of nitrogens with one attached hydrogen (secondary N) is 1. The average molecular weight is 400 g/mol. The molecule has 1 aromatic carbocycles. The van der Waals surface area contributed by atoms with E-state index in [2.05, 4.69) is 10.2 Å². The Balaban J connectivity index is 1.41. The fourth-order valence-electron chi connectivity index (χ4n) is 5.19. The molecular formula is C23H33N3O3. The number of amides is 2. The van der Waals surface area contributed by atoms with Crippen molar-refractivity contribution < 1.29 is 14.3 Å². The van der Waals surface area contributed by atoms with Crippen LogP contribution < -0.4 is 10.2 Å². The second kappa shape index (κ2) is 9.26. The molecule has 1 atom stereocenters. The van der Waals surface area contributed by atoms with Gasteiger partial charge in [-0.25, -0.2) is 0 Å². The number of morpholine rings is 1. The van der Waals surface area contributed by atoms with Crippen LogP contribution in [-0.2, 0) is 14.3 Å². The number of carbonyl (C=O) groups is 2. The molecule has 0 radical (unpaired) electrons. The Morgan fingerprint density at radius 3 is 2.41 bits per heavy atom. The second-order valence-electron chi connectivity index (χ2n) is 8.62. The molecule has 2 aliphatic heterocycles. The molecule has 3 aliphatic rings. The number of para-hydroxylation sites is 1. The van der Waals surface area contributed by atoms with Gasteiger partial charge in [0.2, 0.25) is 11.8 Å². The lowest BCUT2D eigenvalue weighted by Crippen LogP contribution is -2.59. The van der Waals surface area contributed by atoms with E-state index in [1.807, 2.05) is 30.3 Å². The van der Waals surface area contributed by atoms with Crippen LogP contribution in [0.3, 0.4) is 0 Å². The van der Waals surface area contributed by atoms with Crippen LogP contribution in [0, 0.1) is 5.92 Å². The number of carbonyl (C=O) groups excluding carboxylic acids is 2. The molecule has 3 fully saturated rings. The SMILES string of the molecule is O=C(NCC1(N2CCOCC2)CCCCCC1)[C@H]1CCN(c2ccccc2)C1=O. The van der Waals surface area contributed by atoms with Crippen LogP contribution in [0.1, 0.15) is 44.9 Å². The minimum absolute atomic E-state index is 0.0106. The first kappa shape index (κ1) is 20.4. The van der Waals surface area contributed by atoms with E-state index < -0.39 is 5.92 Å². The maximum absolute atomic E-state index is 13.0. The third-order valence-corrected chi connectivity index (χ3v) is 6.90. The number of anilines is 1. The van der Waals surface area contributed by atoms with Gasteiger partial charge in [-0.05, 0) is 31.4 Å². The Kier molecular flexibility index (Phi) is 6.50. The lowest BCUT2D eigenvalue weighted by atomic mass is 9.87. The van der Waals surface area contributed by atoms with E-state index in [-0.39, 0.29) is 17.4 Å². The molecule has 1 saturated carbocycles. The summed E-state index contributed by atoms with van der Waals surface area (Å²) in [6.45, 7) is 4.64. The highest BCUT2D eigenvalue weighted by Crippen LogP contribution is 2.33. The van der Waals surface area contributed by atoms with Crippen molar-refractivity contribution in [1.29, 1.82) is 0 Å². The molecule has 158 valence electrons. The van der Waals surface area contributed by atoms with Gasteiger partial charge in [-0.3, -0.25) is 14.5 Å². The van der Waals surface area contributed by atoms with E-state index in [1.54, 1.807) is 4.90 Å². The molecule has 1 N–H and O–H groups in total. The van der Waals surface area contributed by atoms with Crippen molar-refractivity contribution in [2.45, 2.75) is 50.5 Å². The van der Waals surface area contributed by atoms with Crippen molar-refractivity contribution in [2.24, 2.45) is 5.92 Å². The van der Waals surface area contributed by atoms with Crippen molar-refractivity contribution >= 4 is 17.5 Å². The van der Waals surface area contributed by atoms with E-state index >= 15 is 0 Å². The molecule has 0 unspecified atom stereocenters. The van der Waals surface area contributed by atoms with Gasteiger partial charge in [0, 0.05) is 37.4 Å². The molecular weight excluding hydrogens is 366 g/mol. The maximum Gasteiger partial charge on any atom is 0.239 e. The molecule has 2 amide bonds. The van der Waals surface area contributed by atoms with Crippen LogP contribution in [0.5, 0.6) is 0 Å². The van der Waals surface area contributed by atoms with E-state index in [0.29, 0.717) is 19.5 Å². The number of benzene rings is 1. The van der Waals surface area contributed by atoms with Crippen molar-refractivity contribution in [3.8, 4) is 0 Å². The average Bonchev–Trinajstić information content (AvgIpc) is 2.99. The summed E-state index contributed by atoms with van der Waals surface area (Å²) >= 11 is 0. The number of ether oxygens (including phenoxy) is 1. The predicted molar refractivity (Wildman–Crippen MR) is 113 cm³/mol. The minimum Gasteiger partial charge on any atom is -0.379 e. The molecule has 4 rings (SSSR count). The first-order valence-corrected chi connectivity index (χ1v) is 11.2. The standard InChI is InChI=1S/C23H33N3O3/c27-21(20-10-13-26(22(20)28)19-8-4-3-5-9-19)24-18-23(11-6-1-2-7-12-23)25-14-16-29-17-15-25/h3-5,8-9,20H,1-2,6-7,10-18H2,(H,24,27)/t20-/m1/s1. The van der Waals surface area contributed by atoms with Gasteiger partial charge in [-0.2, -0.15) is 0 Å². The Bertz CT molecular complexity index is 695. The van der Waals surface area contributed by atoms with Crippen LogP contribution in [0.15, 0.2) is 30.3 Å². The largest absolute Gasteiger partial charge is 0.379 e. The highest BCUT2D eigenvalue weighted by atomic mass is 16.5. The summed E-state index contributed by atoms with van der Waals surface area (Å²) in [7, 11) is 0.